The van der Waals surface area contributed by atoms with Crippen LogP contribution < -0.4 is 5.32 Å². The van der Waals surface area contributed by atoms with E-state index in [0.717, 1.165) is 51.2 Å². The number of guanidine groups is 1. The summed E-state index contributed by atoms with van der Waals surface area (Å²) in [5.74, 6) is 2.33. The van der Waals surface area contributed by atoms with Crippen molar-refractivity contribution in [1.82, 2.24) is 15.1 Å². The molecule has 1 atom stereocenters. The second-order valence-electron chi connectivity index (χ2n) is 5.99. The van der Waals surface area contributed by atoms with Crippen LogP contribution in [-0.2, 0) is 0 Å². The molecule has 7 heteroatoms. The van der Waals surface area contributed by atoms with Crippen LogP contribution in [-0.4, -0.2) is 55.0 Å². The average molecular weight is 476 g/mol. The van der Waals surface area contributed by atoms with Crippen LogP contribution in [0.3, 0.4) is 0 Å². The molecule has 1 N–H and O–H groups in total. The van der Waals surface area contributed by atoms with Gasteiger partial charge in [-0.15, -0.1) is 30.4 Å². The number of nitrogens with zero attached hydrogens (tertiary/aromatic N) is 3. The molecule has 4 nitrogen and oxygen atoms in total. The number of hydrogen-bond donors (Lipinski definition) is 1. The van der Waals surface area contributed by atoms with Gasteiger partial charge in [-0.3, -0.25) is 4.90 Å². The number of halogens is 3. The third-order valence-electron chi connectivity index (χ3n) is 4.42. The Hall–Kier alpha value is -1.40. The highest BCUT2D eigenvalue weighted by Crippen LogP contribution is 2.28. The monoisotopic (exact) mass is 476 g/mol. The Morgan fingerprint density at radius 1 is 1.27 bits per heavy atom. The number of piperazine rings is 1. The molecule has 1 saturated heterocycles. The Kier molecular flexibility index (Phi) is 9.88. The summed E-state index contributed by atoms with van der Waals surface area (Å²) in [4.78, 5) is 8.82. The fourth-order valence-corrected chi connectivity index (χ4v) is 3.24. The maximum Gasteiger partial charge on any atom is 0.194 e. The van der Waals surface area contributed by atoms with E-state index in [4.69, 9.17) is 6.42 Å². The Balaban J connectivity index is 0.00000338. The molecule has 1 aromatic carbocycles. The number of rotatable bonds is 5. The van der Waals surface area contributed by atoms with E-state index in [9.17, 15) is 8.78 Å². The first-order valence-corrected chi connectivity index (χ1v) is 8.76. The van der Waals surface area contributed by atoms with Gasteiger partial charge in [0.25, 0.3) is 0 Å². The number of benzene rings is 1. The normalized spacial score (nSPS) is 16.6. The molecule has 0 amide bonds. The van der Waals surface area contributed by atoms with Crippen molar-refractivity contribution in [2.45, 2.75) is 26.3 Å². The van der Waals surface area contributed by atoms with Crippen LogP contribution in [0.25, 0.3) is 0 Å². The molecule has 1 aromatic rings. The second-order valence-corrected chi connectivity index (χ2v) is 5.99. The number of terminal acetylenes is 1. The second kappa shape index (κ2) is 11.3. The Bertz CT molecular complexity index is 637. The van der Waals surface area contributed by atoms with Gasteiger partial charge in [0.1, 0.15) is 18.2 Å². The summed E-state index contributed by atoms with van der Waals surface area (Å²) in [5, 5.41) is 3.25. The first-order chi connectivity index (χ1) is 12.1. The predicted molar refractivity (Wildman–Crippen MR) is 113 cm³/mol. The van der Waals surface area contributed by atoms with Crippen LogP contribution in [0.5, 0.6) is 0 Å². The van der Waals surface area contributed by atoms with E-state index >= 15 is 0 Å². The third kappa shape index (κ3) is 5.81. The lowest BCUT2D eigenvalue weighted by Crippen LogP contribution is -2.53. The van der Waals surface area contributed by atoms with Crippen LogP contribution in [0.1, 0.15) is 31.9 Å². The molecule has 0 aliphatic carbocycles. The Labute approximate surface area is 172 Å². The third-order valence-corrected chi connectivity index (χ3v) is 4.42. The molecule has 1 fully saturated rings. The van der Waals surface area contributed by atoms with Gasteiger partial charge < -0.3 is 10.2 Å². The fourth-order valence-electron chi connectivity index (χ4n) is 3.24. The zero-order valence-corrected chi connectivity index (χ0v) is 17.7. The summed E-state index contributed by atoms with van der Waals surface area (Å²) in [5.41, 5.74) is 0.560. The van der Waals surface area contributed by atoms with Crippen molar-refractivity contribution in [3.63, 3.8) is 0 Å². The van der Waals surface area contributed by atoms with Gasteiger partial charge in [-0.25, -0.2) is 13.8 Å². The summed E-state index contributed by atoms with van der Waals surface area (Å²) in [7, 11) is 0. The summed E-state index contributed by atoms with van der Waals surface area (Å²) >= 11 is 0. The lowest BCUT2D eigenvalue weighted by Gasteiger charge is -2.40. The summed E-state index contributed by atoms with van der Waals surface area (Å²) in [6.45, 7) is 8.32. The fraction of sp³-hybridized carbons (Fsp3) is 0.526. The molecule has 1 heterocycles. The quantitative estimate of drug-likeness (QED) is 0.307. The van der Waals surface area contributed by atoms with Crippen molar-refractivity contribution in [3.8, 4) is 12.3 Å². The molecule has 0 spiro atoms. The topological polar surface area (TPSA) is 30.9 Å². The number of aliphatic imine (C=N–C) groups is 1. The average Bonchev–Trinajstić information content (AvgIpc) is 2.61. The molecule has 0 radical (unpaired) electrons. The van der Waals surface area contributed by atoms with Gasteiger partial charge in [-0.2, -0.15) is 0 Å². The van der Waals surface area contributed by atoms with Crippen LogP contribution >= 0.6 is 24.0 Å². The summed E-state index contributed by atoms with van der Waals surface area (Å²) in [6, 6.07) is 3.80. The van der Waals surface area contributed by atoms with Gasteiger partial charge in [-0.1, -0.05) is 18.9 Å². The smallest absolute Gasteiger partial charge is 0.194 e. The highest BCUT2D eigenvalue weighted by atomic mass is 127. The van der Waals surface area contributed by atoms with Gasteiger partial charge in [0.15, 0.2) is 5.96 Å². The SMILES string of the molecule is C#CCN=C(NCC)N1CCN(C(CC)c2ccc(F)cc2F)CC1.I. The molecular formula is C19H27F2IN4. The van der Waals surface area contributed by atoms with Crippen LogP contribution in [0.15, 0.2) is 23.2 Å². The van der Waals surface area contributed by atoms with Crippen LogP contribution in [0.2, 0.25) is 0 Å². The zero-order chi connectivity index (χ0) is 18.2. The minimum atomic E-state index is -0.541. The van der Waals surface area contributed by atoms with Gasteiger partial charge in [0, 0.05) is 50.4 Å². The van der Waals surface area contributed by atoms with E-state index in [0.29, 0.717) is 12.1 Å². The molecule has 0 bridgehead atoms. The lowest BCUT2D eigenvalue weighted by atomic mass is 10.0. The standard InChI is InChI=1S/C19H26F2N4.HI/c1-4-9-23-19(22-6-3)25-12-10-24(11-13-25)18(5-2)16-8-7-15(20)14-17(16)21;/h1,7-8,14,18H,5-6,9-13H2,2-3H3,(H,22,23);1H. The van der Waals surface area contributed by atoms with E-state index in [1.165, 1.54) is 6.07 Å². The Morgan fingerprint density at radius 3 is 2.50 bits per heavy atom. The largest absolute Gasteiger partial charge is 0.356 e. The number of hydrogen-bond acceptors (Lipinski definition) is 2. The molecule has 26 heavy (non-hydrogen) atoms. The van der Waals surface area contributed by atoms with E-state index in [1.54, 1.807) is 6.07 Å². The zero-order valence-electron chi connectivity index (χ0n) is 15.3. The van der Waals surface area contributed by atoms with Gasteiger partial charge >= 0.3 is 0 Å². The van der Waals surface area contributed by atoms with Crippen molar-refractivity contribution in [2.24, 2.45) is 4.99 Å². The maximum atomic E-state index is 14.2. The van der Waals surface area contributed by atoms with Gasteiger partial charge in [-0.05, 0) is 19.4 Å². The minimum absolute atomic E-state index is 0. The molecule has 0 saturated carbocycles. The van der Waals surface area contributed by atoms with Crippen molar-refractivity contribution in [1.29, 1.82) is 0 Å². The van der Waals surface area contributed by atoms with Crippen molar-refractivity contribution in [3.05, 3.63) is 35.4 Å². The predicted octanol–water partition coefficient (Wildman–Crippen LogP) is 3.25. The summed E-state index contributed by atoms with van der Waals surface area (Å²) < 4.78 is 27.3. The molecule has 2 rings (SSSR count). The summed E-state index contributed by atoms with van der Waals surface area (Å²) in [6.07, 6.45) is 6.07. The highest BCUT2D eigenvalue weighted by Gasteiger charge is 2.27. The minimum Gasteiger partial charge on any atom is -0.356 e. The molecular weight excluding hydrogens is 449 g/mol. The lowest BCUT2D eigenvalue weighted by molar-refractivity contribution is 0.124. The molecule has 1 aliphatic rings. The van der Waals surface area contributed by atoms with Crippen LogP contribution in [0, 0.1) is 24.0 Å². The van der Waals surface area contributed by atoms with Gasteiger partial charge in [0.05, 0.1) is 0 Å². The molecule has 1 aliphatic heterocycles. The maximum absolute atomic E-state index is 14.2. The van der Waals surface area contributed by atoms with E-state index in [2.05, 4.69) is 26.0 Å². The first kappa shape index (κ1) is 22.6. The van der Waals surface area contributed by atoms with Crippen molar-refractivity contribution in [2.75, 3.05) is 39.3 Å². The van der Waals surface area contributed by atoms with E-state index in [1.807, 2.05) is 13.8 Å². The molecule has 0 aromatic heterocycles. The first-order valence-electron chi connectivity index (χ1n) is 8.76. The molecule has 144 valence electrons. The molecule has 1 unspecified atom stereocenters. The van der Waals surface area contributed by atoms with Crippen molar-refractivity contribution < 1.29 is 8.78 Å². The highest BCUT2D eigenvalue weighted by molar-refractivity contribution is 14.0. The van der Waals surface area contributed by atoms with E-state index < -0.39 is 11.6 Å². The van der Waals surface area contributed by atoms with Gasteiger partial charge in [0.2, 0.25) is 0 Å². The van der Waals surface area contributed by atoms with Crippen LogP contribution in [0.4, 0.5) is 8.78 Å². The van der Waals surface area contributed by atoms with E-state index in [-0.39, 0.29) is 30.0 Å². The number of nitrogens with one attached hydrogen (secondary N) is 1. The Morgan fingerprint density at radius 2 is 1.96 bits per heavy atom. The van der Waals surface area contributed by atoms with Crippen molar-refractivity contribution >= 4 is 29.9 Å².